The molecule has 0 unspecified atom stereocenters. The van der Waals surface area contributed by atoms with Crippen molar-refractivity contribution >= 4 is 29.0 Å². The van der Waals surface area contributed by atoms with Gasteiger partial charge < -0.3 is 15.5 Å². The summed E-state index contributed by atoms with van der Waals surface area (Å²) in [6, 6.07) is 14.4. The van der Waals surface area contributed by atoms with Crippen LogP contribution in [0.1, 0.15) is 40.1 Å². The number of carbonyl (C=O) groups excluding carboxylic acids is 2. The van der Waals surface area contributed by atoms with Crippen LogP contribution in [-0.2, 0) is 0 Å². The van der Waals surface area contributed by atoms with E-state index in [0.717, 1.165) is 24.5 Å². The van der Waals surface area contributed by atoms with Gasteiger partial charge >= 0.3 is 0 Å². The van der Waals surface area contributed by atoms with Crippen molar-refractivity contribution in [3.63, 3.8) is 0 Å². The smallest absolute Gasteiger partial charge is 0.258 e. The molecule has 2 amide bonds. The first-order valence-electron chi connectivity index (χ1n) is 10.1. The highest BCUT2D eigenvalue weighted by Crippen LogP contribution is 2.20. The average Bonchev–Trinajstić information content (AvgIpc) is 2.77. The summed E-state index contributed by atoms with van der Waals surface area (Å²) in [5, 5.41) is 5.49. The Balaban J connectivity index is 1.74. The Morgan fingerprint density at radius 1 is 0.968 bits per heavy atom. The predicted molar refractivity (Wildman–Crippen MR) is 121 cm³/mol. The van der Waals surface area contributed by atoms with Crippen LogP contribution in [0.4, 0.5) is 21.6 Å². The average molecular weight is 420 g/mol. The number of pyridine rings is 1. The zero-order valence-electron chi connectivity index (χ0n) is 17.8. The zero-order chi connectivity index (χ0) is 22.4. The molecule has 3 aromatic rings. The molecule has 6 nitrogen and oxygen atoms in total. The van der Waals surface area contributed by atoms with Crippen molar-refractivity contribution in [3.8, 4) is 0 Å². The number of anilines is 3. The normalized spacial score (nSPS) is 10.5. The van der Waals surface area contributed by atoms with Crippen LogP contribution < -0.4 is 15.5 Å². The lowest BCUT2D eigenvalue weighted by Gasteiger charge is -2.19. The van der Waals surface area contributed by atoms with E-state index in [1.54, 1.807) is 43.5 Å². The monoisotopic (exact) mass is 420 g/mol. The topological polar surface area (TPSA) is 74.3 Å². The molecule has 0 atom stereocenters. The standard InChI is InChI=1S/C24H25FN4O2/c1-4-29(5-2)22-13-12-18(15-26-22)27-23(30)17-11-10-16(3)21(14-17)28-24(31)19-8-6-7-9-20(19)25/h6-15H,4-5H2,1-3H3,(H,27,30)(H,28,31). The molecule has 31 heavy (non-hydrogen) atoms. The Morgan fingerprint density at radius 2 is 1.71 bits per heavy atom. The molecule has 0 saturated heterocycles. The van der Waals surface area contributed by atoms with Crippen LogP contribution in [0.5, 0.6) is 0 Å². The number of carbonyl (C=O) groups is 2. The molecule has 0 bridgehead atoms. The summed E-state index contributed by atoms with van der Waals surface area (Å²) < 4.78 is 13.9. The quantitative estimate of drug-likeness (QED) is 0.571. The highest BCUT2D eigenvalue weighted by molar-refractivity contribution is 6.07. The molecule has 0 radical (unpaired) electrons. The van der Waals surface area contributed by atoms with Crippen LogP contribution in [0.15, 0.2) is 60.8 Å². The minimum absolute atomic E-state index is 0.0591. The van der Waals surface area contributed by atoms with E-state index >= 15 is 0 Å². The van der Waals surface area contributed by atoms with Crippen LogP contribution in [0.3, 0.4) is 0 Å². The minimum Gasteiger partial charge on any atom is -0.357 e. The predicted octanol–water partition coefficient (Wildman–Crippen LogP) is 4.88. The number of rotatable bonds is 7. The Hall–Kier alpha value is -3.74. The lowest BCUT2D eigenvalue weighted by atomic mass is 10.1. The molecule has 160 valence electrons. The molecule has 0 aliphatic carbocycles. The van der Waals surface area contributed by atoms with Gasteiger partial charge in [0.2, 0.25) is 0 Å². The van der Waals surface area contributed by atoms with Crippen LogP contribution in [-0.4, -0.2) is 29.9 Å². The molecule has 2 aromatic carbocycles. The summed E-state index contributed by atoms with van der Waals surface area (Å²) in [6.07, 6.45) is 1.61. The van der Waals surface area contributed by atoms with E-state index in [2.05, 4.69) is 34.4 Å². The molecular weight excluding hydrogens is 395 g/mol. The number of aryl methyl sites for hydroxylation is 1. The van der Waals surface area contributed by atoms with Crippen LogP contribution in [0, 0.1) is 12.7 Å². The van der Waals surface area contributed by atoms with Crippen molar-refractivity contribution in [2.45, 2.75) is 20.8 Å². The van der Waals surface area contributed by atoms with E-state index in [-0.39, 0.29) is 11.5 Å². The van der Waals surface area contributed by atoms with E-state index in [4.69, 9.17) is 0 Å². The number of nitrogens with one attached hydrogen (secondary N) is 2. The summed E-state index contributed by atoms with van der Waals surface area (Å²) in [4.78, 5) is 31.6. The van der Waals surface area contributed by atoms with Crippen molar-refractivity contribution in [2.24, 2.45) is 0 Å². The summed E-state index contributed by atoms with van der Waals surface area (Å²) in [5.41, 5.74) is 2.07. The SMILES string of the molecule is CCN(CC)c1ccc(NC(=O)c2ccc(C)c(NC(=O)c3ccccc3F)c2)cn1. The third-order valence-electron chi connectivity index (χ3n) is 4.96. The van der Waals surface area contributed by atoms with E-state index < -0.39 is 11.7 Å². The summed E-state index contributed by atoms with van der Waals surface area (Å²) >= 11 is 0. The van der Waals surface area contributed by atoms with Gasteiger partial charge in [-0.05, 0) is 62.7 Å². The number of halogens is 1. The molecule has 0 fully saturated rings. The third kappa shape index (κ3) is 5.25. The molecule has 0 spiro atoms. The zero-order valence-corrected chi connectivity index (χ0v) is 17.8. The summed E-state index contributed by atoms with van der Waals surface area (Å²) in [6.45, 7) is 7.61. The van der Waals surface area contributed by atoms with Crippen molar-refractivity contribution in [1.29, 1.82) is 0 Å². The van der Waals surface area contributed by atoms with Crippen molar-refractivity contribution in [1.82, 2.24) is 4.98 Å². The molecule has 7 heteroatoms. The van der Waals surface area contributed by atoms with Gasteiger partial charge in [-0.2, -0.15) is 0 Å². The first kappa shape index (κ1) is 22.0. The minimum atomic E-state index is -0.604. The summed E-state index contributed by atoms with van der Waals surface area (Å²) in [5.74, 6) is -0.669. The first-order valence-corrected chi connectivity index (χ1v) is 10.1. The van der Waals surface area contributed by atoms with E-state index in [1.807, 2.05) is 6.07 Å². The number of hydrogen-bond donors (Lipinski definition) is 2. The van der Waals surface area contributed by atoms with E-state index in [0.29, 0.717) is 16.9 Å². The van der Waals surface area contributed by atoms with Crippen molar-refractivity contribution in [2.75, 3.05) is 28.6 Å². The second-order valence-electron chi connectivity index (χ2n) is 7.00. The highest BCUT2D eigenvalue weighted by Gasteiger charge is 2.14. The van der Waals surface area contributed by atoms with Crippen LogP contribution >= 0.6 is 0 Å². The number of amides is 2. The molecule has 1 heterocycles. The van der Waals surface area contributed by atoms with Gasteiger partial charge in [-0.25, -0.2) is 9.37 Å². The Bertz CT molecular complexity index is 1080. The van der Waals surface area contributed by atoms with Gasteiger partial charge in [0.05, 0.1) is 17.4 Å². The lowest BCUT2D eigenvalue weighted by Crippen LogP contribution is -2.23. The van der Waals surface area contributed by atoms with Crippen LogP contribution in [0.2, 0.25) is 0 Å². The maximum atomic E-state index is 13.9. The lowest BCUT2D eigenvalue weighted by molar-refractivity contribution is 0.101. The Kier molecular flexibility index (Phi) is 6.97. The largest absolute Gasteiger partial charge is 0.357 e. The van der Waals surface area contributed by atoms with Gasteiger partial charge in [0.15, 0.2) is 0 Å². The van der Waals surface area contributed by atoms with E-state index in [9.17, 15) is 14.0 Å². The molecule has 0 aliphatic heterocycles. The third-order valence-corrected chi connectivity index (χ3v) is 4.96. The molecule has 0 aliphatic rings. The number of aromatic nitrogens is 1. The maximum Gasteiger partial charge on any atom is 0.258 e. The fourth-order valence-electron chi connectivity index (χ4n) is 3.13. The number of benzene rings is 2. The fraction of sp³-hybridized carbons (Fsp3) is 0.208. The number of nitrogens with zero attached hydrogens (tertiary/aromatic N) is 2. The van der Waals surface area contributed by atoms with Gasteiger partial charge in [0, 0.05) is 24.3 Å². The van der Waals surface area contributed by atoms with Crippen LogP contribution in [0.25, 0.3) is 0 Å². The Morgan fingerprint density at radius 3 is 2.35 bits per heavy atom. The Labute approximate surface area is 181 Å². The highest BCUT2D eigenvalue weighted by atomic mass is 19.1. The van der Waals surface area contributed by atoms with Gasteiger partial charge in [0.25, 0.3) is 11.8 Å². The molecular formula is C24H25FN4O2. The van der Waals surface area contributed by atoms with Gasteiger partial charge in [0.1, 0.15) is 11.6 Å². The first-order chi connectivity index (χ1) is 14.9. The van der Waals surface area contributed by atoms with Gasteiger partial charge in [-0.15, -0.1) is 0 Å². The number of hydrogen-bond acceptors (Lipinski definition) is 4. The second-order valence-corrected chi connectivity index (χ2v) is 7.00. The molecule has 0 saturated carbocycles. The second kappa shape index (κ2) is 9.84. The summed E-state index contributed by atoms with van der Waals surface area (Å²) in [7, 11) is 0. The van der Waals surface area contributed by atoms with Gasteiger partial charge in [-0.1, -0.05) is 18.2 Å². The van der Waals surface area contributed by atoms with Crippen molar-refractivity contribution < 1.29 is 14.0 Å². The van der Waals surface area contributed by atoms with E-state index in [1.165, 1.54) is 18.2 Å². The maximum absolute atomic E-state index is 13.9. The molecule has 1 aromatic heterocycles. The molecule has 2 N–H and O–H groups in total. The van der Waals surface area contributed by atoms with Crippen molar-refractivity contribution in [3.05, 3.63) is 83.3 Å². The fourth-order valence-corrected chi connectivity index (χ4v) is 3.13. The molecule has 3 rings (SSSR count). The van der Waals surface area contributed by atoms with Gasteiger partial charge in [-0.3, -0.25) is 9.59 Å².